The minimum atomic E-state index is -1.03. The third-order valence-electron chi connectivity index (χ3n) is 2.68. The number of amides is 1. The minimum Gasteiger partial charge on any atom is -0.396 e. The lowest BCUT2D eigenvalue weighted by Gasteiger charge is -2.08. The molecule has 7 heteroatoms. The number of hydrogen-bond donors (Lipinski definition) is 2. The number of nitrogen functional groups attached to an aromatic ring is 1. The molecule has 0 saturated heterocycles. The van der Waals surface area contributed by atoms with Crippen molar-refractivity contribution in [3.05, 3.63) is 58.1 Å². The van der Waals surface area contributed by atoms with E-state index in [0.717, 1.165) is 6.07 Å². The lowest BCUT2D eigenvalue weighted by atomic mass is 10.1. The zero-order valence-electron chi connectivity index (χ0n) is 10.5. The van der Waals surface area contributed by atoms with Crippen LogP contribution in [0.2, 0.25) is 5.02 Å². The van der Waals surface area contributed by atoms with Crippen LogP contribution in [0.1, 0.15) is 15.9 Å². The van der Waals surface area contributed by atoms with Crippen molar-refractivity contribution in [1.82, 2.24) is 0 Å². The van der Waals surface area contributed by atoms with Gasteiger partial charge in [-0.3, -0.25) is 4.79 Å². The maximum Gasteiger partial charge on any atom is 0.258 e. The summed E-state index contributed by atoms with van der Waals surface area (Å²) in [6, 6.07) is 7.51. The van der Waals surface area contributed by atoms with Crippen molar-refractivity contribution in [2.75, 3.05) is 11.1 Å². The van der Waals surface area contributed by atoms with Gasteiger partial charge < -0.3 is 11.1 Å². The summed E-state index contributed by atoms with van der Waals surface area (Å²) in [4.78, 5) is 11.9. The van der Waals surface area contributed by atoms with E-state index in [4.69, 9.17) is 22.6 Å². The molecule has 3 N–H and O–H groups in total. The van der Waals surface area contributed by atoms with Gasteiger partial charge in [0.1, 0.15) is 17.7 Å². The molecule has 0 bridgehead atoms. The smallest absolute Gasteiger partial charge is 0.258 e. The van der Waals surface area contributed by atoms with E-state index in [1.165, 1.54) is 18.2 Å². The Labute approximate surface area is 123 Å². The third kappa shape index (κ3) is 3.09. The average Bonchev–Trinajstić information content (AvgIpc) is 2.43. The second-order valence-corrected chi connectivity index (χ2v) is 4.52. The van der Waals surface area contributed by atoms with E-state index in [2.05, 4.69) is 5.32 Å². The highest BCUT2D eigenvalue weighted by Gasteiger charge is 2.15. The van der Waals surface area contributed by atoms with Crippen LogP contribution in [0.15, 0.2) is 30.3 Å². The van der Waals surface area contributed by atoms with Gasteiger partial charge in [0.15, 0.2) is 0 Å². The van der Waals surface area contributed by atoms with E-state index in [-0.39, 0.29) is 22.0 Å². The van der Waals surface area contributed by atoms with Crippen LogP contribution in [0, 0.1) is 23.0 Å². The van der Waals surface area contributed by atoms with Crippen LogP contribution in [0.25, 0.3) is 0 Å². The number of nitrogens with two attached hydrogens (primary N) is 1. The van der Waals surface area contributed by atoms with Crippen molar-refractivity contribution in [3.63, 3.8) is 0 Å². The molecule has 2 aromatic carbocycles. The van der Waals surface area contributed by atoms with E-state index in [1.54, 1.807) is 0 Å². The lowest BCUT2D eigenvalue weighted by molar-refractivity contribution is 0.102. The van der Waals surface area contributed by atoms with Crippen LogP contribution in [0.3, 0.4) is 0 Å². The molecule has 0 aromatic heterocycles. The molecule has 0 aliphatic rings. The number of carbonyl (C=O) groups is 1. The standard InChI is InChI=1S/C14H8ClF2N3O/c15-10-3-8(2-1-7(10)6-18)20-14(21)9-4-13(19)12(17)5-11(9)16/h1-5H,19H2,(H,20,21). The Hall–Kier alpha value is -2.65. The molecule has 21 heavy (non-hydrogen) atoms. The number of benzene rings is 2. The van der Waals surface area contributed by atoms with E-state index in [0.29, 0.717) is 6.07 Å². The molecule has 2 aromatic rings. The van der Waals surface area contributed by atoms with Gasteiger partial charge in [0.2, 0.25) is 0 Å². The summed E-state index contributed by atoms with van der Waals surface area (Å²) in [5, 5.41) is 11.3. The number of hydrogen-bond acceptors (Lipinski definition) is 3. The fourth-order valence-electron chi connectivity index (χ4n) is 1.62. The highest BCUT2D eigenvalue weighted by molar-refractivity contribution is 6.32. The second kappa shape index (κ2) is 5.77. The SMILES string of the molecule is N#Cc1ccc(NC(=O)c2cc(N)c(F)cc2F)cc1Cl. The fraction of sp³-hybridized carbons (Fsp3) is 0. The normalized spacial score (nSPS) is 10.0. The molecule has 0 unspecified atom stereocenters. The van der Waals surface area contributed by atoms with E-state index in [1.807, 2.05) is 6.07 Å². The Bertz CT molecular complexity index is 772. The van der Waals surface area contributed by atoms with Crippen molar-refractivity contribution >= 4 is 28.9 Å². The largest absolute Gasteiger partial charge is 0.396 e. The van der Waals surface area contributed by atoms with Crippen LogP contribution >= 0.6 is 11.6 Å². The Kier molecular flexibility index (Phi) is 4.05. The Morgan fingerprint density at radius 3 is 2.57 bits per heavy atom. The first-order chi connectivity index (χ1) is 9.92. The van der Waals surface area contributed by atoms with Gasteiger partial charge in [-0.15, -0.1) is 0 Å². The molecule has 0 heterocycles. The van der Waals surface area contributed by atoms with Crippen LogP contribution in [-0.2, 0) is 0 Å². The van der Waals surface area contributed by atoms with Gasteiger partial charge >= 0.3 is 0 Å². The Morgan fingerprint density at radius 1 is 1.24 bits per heavy atom. The molecular formula is C14H8ClF2N3O. The third-order valence-corrected chi connectivity index (χ3v) is 2.99. The number of rotatable bonds is 2. The minimum absolute atomic E-state index is 0.148. The topological polar surface area (TPSA) is 78.9 Å². The molecule has 0 aliphatic carbocycles. The summed E-state index contributed by atoms with van der Waals surface area (Å²) >= 11 is 5.82. The maximum absolute atomic E-state index is 13.6. The summed E-state index contributed by atoms with van der Waals surface area (Å²) in [5.41, 5.74) is 5.09. The van der Waals surface area contributed by atoms with E-state index < -0.39 is 23.1 Å². The van der Waals surface area contributed by atoms with Crippen LogP contribution in [0.4, 0.5) is 20.2 Å². The van der Waals surface area contributed by atoms with Crippen molar-refractivity contribution in [2.45, 2.75) is 0 Å². The van der Waals surface area contributed by atoms with Crippen molar-refractivity contribution in [3.8, 4) is 6.07 Å². The summed E-state index contributed by atoms with van der Waals surface area (Å²) in [5.74, 6) is -2.77. The van der Waals surface area contributed by atoms with Gasteiger partial charge in [0.25, 0.3) is 5.91 Å². The number of carbonyl (C=O) groups excluding carboxylic acids is 1. The molecule has 0 atom stereocenters. The first-order valence-electron chi connectivity index (χ1n) is 5.68. The van der Waals surface area contributed by atoms with Crippen molar-refractivity contribution in [2.24, 2.45) is 0 Å². The van der Waals surface area contributed by atoms with Gasteiger partial charge in [-0.05, 0) is 24.3 Å². The number of nitriles is 1. The molecular weight excluding hydrogens is 300 g/mol. The number of nitrogens with one attached hydrogen (secondary N) is 1. The van der Waals surface area contributed by atoms with E-state index >= 15 is 0 Å². The molecule has 4 nitrogen and oxygen atoms in total. The summed E-state index contributed by atoms with van der Waals surface area (Å²) in [6.45, 7) is 0. The Morgan fingerprint density at radius 2 is 1.95 bits per heavy atom. The highest BCUT2D eigenvalue weighted by Crippen LogP contribution is 2.22. The molecule has 2 rings (SSSR count). The quantitative estimate of drug-likeness (QED) is 0.835. The molecule has 0 spiro atoms. The first-order valence-corrected chi connectivity index (χ1v) is 6.05. The van der Waals surface area contributed by atoms with Gasteiger partial charge in [-0.1, -0.05) is 11.6 Å². The Balaban J connectivity index is 2.28. The first kappa shape index (κ1) is 14.8. The molecule has 0 radical (unpaired) electrons. The zero-order valence-corrected chi connectivity index (χ0v) is 11.2. The molecule has 1 amide bonds. The van der Waals surface area contributed by atoms with Gasteiger partial charge in [0.05, 0.1) is 21.8 Å². The van der Waals surface area contributed by atoms with Crippen LogP contribution in [-0.4, -0.2) is 5.91 Å². The monoisotopic (exact) mass is 307 g/mol. The van der Waals surface area contributed by atoms with Crippen molar-refractivity contribution in [1.29, 1.82) is 5.26 Å². The maximum atomic E-state index is 13.6. The highest BCUT2D eigenvalue weighted by atomic mass is 35.5. The number of nitrogens with zero attached hydrogens (tertiary/aromatic N) is 1. The van der Waals surface area contributed by atoms with Crippen LogP contribution < -0.4 is 11.1 Å². The summed E-state index contributed by atoms with van der Waals surface area (Å²) in [7, 11) is 0. The molecule has 0 fully saturated rings. The lowest BCUT2D eigenvalue weighted by Crippen LogP contribution is -2.14. The predicted molar refractivity (Wildman–Crippen MR) is 74.9 cm³/mol. The molecule has 106 valence electrons. The van der Waals surface area contributed by atoms with Gasteiger partial charge in [0, 0.05) is 11.8 Å². The summed E-state index contributed by atoms with van der Waals surface area (Å²) in [6.07, 6.45) is 0. The fourth-order valence-corrected chi connectivity index (χ4v) is 1.84. The zero-order chi connectivity index (χ0) is 15.6. The average molecular weight is 308 g/mol. The summed E-state index contributed by atoms with van der Waals surface area (Å²) < 4.78 is 26.6. The van der Waals surface area contributed by atoms with Crippen molar-refractivity contribution < 1.29 is 13.6 Å². The van der Waals surface area contributed by atoms with Crippen LogP contribution in [0.5, 0.6) is 0 Å². The molecule has 0 aliphatic heterocycles. The second-order valence-electron chi connectivity index (χ2n) is 4.11. The number of halogens is 3. The van der Waals surface area contributed by atoms with Gasteiger partial charge in [-0.25, -0.2) is 8.78 Å². The number of anilines is 2. The van der Waals surface area contributed by atoms with Gasteiger partial charge in [-0.2, -0.15) is 5.26 Å². The molecule has 0 saturated carbocycles. The predicted octanol–water partition coefficient (Wildman–Crippen LogP) is 3.32. The van der Waals surface area contributed by atoms with E-state index in [9.17, 15) is 13.6 Å².